The van der Waals surface area contributed by atoms with Crippen molar-refractivity contribution in [1.29, 1.82) is 0 Å². The van der Waals surface area contributed by atoms with Gasteiger partial charge in [0, 0.05) is 24.4 Å². The van der Waals surface area contributed by atoms with Gasteiger partial charge in [-0.05, 0) is 19.2 Å². The minimum Gasteiger partial charge on any atom is -0.377 e. The molecule has 2 aromatic rings. The topological polar surface area (TPSA) is 49.2 Å². The summed E-state index contributed by atoms with van der Waals surface area (Å²) in [5, 5.41) is 1.86. The van der Waals surface area contributed by atoms with Crippen LogP contribution < -0.4 is 0 Å². The molecule has 0 saturated carbocycles. The van der Waals surface area contributed by atoms with Crippen molar-refractivity contribution < 1.29 is 9.47 Å². The Hall–Kier alpha value is -1.11. The van der Waals surface area contributed by atoms with E-state index in [9.17, 15) is 0 Å². The van der Waals surface area contributed by atoms with Crippen LogP contribution in [0.1, 0.15) is 11.7 Å². The van der Waals surface area contributed by atoms with Crippen LogP contribution in [0.2, 0.25) is 0 Å². The number of aryl methyl sites for hydroxylation is 1. The monoisotopic (exact) mass is 279 g/mol. The molecule has 0 N–H and O–H groups in total. The molecule has 0 radical (unpaired) electrons. The lowest BCUT2D eigenvalue weighted by Crippen LogP contribution is -2.25. The molecule has 1 saturated heterocycles. The largest absolute Gasteiger partial charge is 0.377 e. The van der Waals surface area contributed by atoms with Crippen LogP contribution in [0.25, 0.3) is 11.0 Å². The molecule has 3 heterocycles. The molecule has 5 nitrogen and oxygen atoms in total. The molecule has 0 aromatic carbocycles. The molecule has 2 atom stereocenters. The average molecular weight is 279 g/mol. The quantitative estimate of drug-likeness (QED) is 0.636. The van der Waals surface area contributed by atoms with E-state index in [1.165, 1.54) is 5.69 Å². The number of hydrogen-bond donors (Lipinski definition) is 0. The molecule has 0 bridgehead atoms. The number of rotatable bonds is 3. The number of fused-ring (bicyclic) bond motifs is 1. The van der Waals surface area contributed by atoms with Gasteiger partial charge in [0.1, 0.15) is 11.8 Å². The number of ether oxygens (including phenoxy) is 2. The van der Waals surface area contributed by atoms with Crippen LogP contribution >= 0.6 is 11.8 Å². The van der Waals surface area contributed by atoms with Crippen LogP contribution in [0.3, 0.4) is 0 Å². The van der Waals surface area contributed by atoms with Gasteiger partial charge in [-0.3, -0.25) is 0 Å². The van der Waals surface area contributed by atoms with E-state index in [2.05, 4.69) is 27.5 Å². The van der Waals surface area contributed by atoms with Crippen molar-refractivity contribution in [2.45, 2.75) is 24.2 Å². The molecule has 2 aromatic heterocycles. The lowest BCUT2D eigenvalue weighted by molar-refractivity contribution is 0.0689. The highest BCUT2D eigenvalue weighted by Crippen LogP contribution is 2.29. The molecular formula is C13H17N3O2S. The molecule has 1 fully saturated rings. The molecule has 1 aliphatic heterocycles. The van der Waals surface area contributed by atoms with Gasteiger partial charge in [0.2, 0.25) is 0 Å². The number of thioether (sulfide) groups is 1. The van der Waals surface area contributed by atoms with E-state index in [1.807, 2.05) is 12.5 Å². The molecule has 0 amide bonds. The summed E-state index contributed by atoms with van der Waals surface area (Å²) in [6, 6.07) is 2.30. The van der Waals surface area contributed by atoms with Gasteiger partial charge in [-0.2, -0.15) is 0 Å². The maximum Gasteiger partial charge on any atom is 0.189 e. The minimum absolute atomic E-state index is 0.0852. The normalized spacial score (nSPS) is 23.3. The zero-order chi connectivity index (χ0) is 13.4. The Bertz CT molecular complexity index is 599. The third-order valence-electron chi connectivity index (χ3n) is 3.56. The Morgan fingerprint density at radius 3 is 3.05 bits per heavy atom. The van der Waals surface area contributed by atoms with Gasteiger partial charge in [-0.15, -0.1) is 0 Å². The Balaban J connectivity index is 2.13. The Morgan fingerprint density at radius 2 is 2.32 bits per heavy atom. The molecule has 2 unspecified atom stereocenters. The summed E-state index contributed by atoms with van der Waals surface area (Å²) >= 11 is 1.55. The van der Waals surface area contributed by atoms with Gasteiger partial charge in [-0.25, -0.2) is 9.97 Å². The predicted molar refractivity (Wildman–Crippen MR) is 74.7 cm³/mol. The van der Waals surface area contributed by atoms with Crippen LogP contribution in [0.5, 0.6) is 0 Å². The first-order valence-electron chi connectivity index (χ1n) is 6.23. The van der Waals surface area contributed by atoms with Crippen molar-refractivity contribution in [1.82, 2.24) is 14.5 Å². The molecule has 3 rings (SSSR count). The second kappa shape index (κ2) is 5.11. The third-order valence-corrected chi connectivity index (χ3v) is 4.13. The lowest BCUT2D eigenvalue weighted by atomic mass is 10.2. The summed E-state index contributed by atoms with van der Waals surface area (Å²) in [4.78, 5) is 8.95. The fourth-order valence-corrected chi connectivity index (χ4v) is 2.97. The van der Waals surface area contributed by atoms with Gasteiger partial charge in [-0.1, -0.05) is 11.8 Å². The second-order valence-corrected chi connectivity index (χ2v) is 5.44. The summed E-state index contributed by atoms with van der Waals surface area (Å²) < 4.78 is 13.3. The van der Waals surface area contributed by atoms with Crippen molar-refractivity contribution in [3.05, 3.63) is 18.0 Å². The van der Waals surface area contributed by atoms with Crippen LogP contribution in [0, 0.1) is 6.92 Å². The summed E-state index contributed by atoms with van der Waals surface area (Å²) in [5.74, 6) is 0. The highest BCUT2D eigenvalue weighted by Gasteiger charge is 2.31. The Morgan fingerprint density at radius 1 is 1.47 bits per heavy atom. The molecule has 19 heavy (non-hydrogen) atoms. The van der Waals surface area contributed by atoms with E-state index in [4.69, 9.17) is 9.47 Å². The van der Waals surface area contributed by atoms with E-state index in [0.717, 1.165) is 16.2 Å². The maximum atomic E-state index is 5.55. The second-order valence-electron chi connectivity index (χ2n) is 4.67. The molecule has 0 aliphatic carbocycles. The van der Waals surface area contributed by atoms with E-state index in [0.29, 0.717) is 13.2 Å². The summed E-state index contributed by atoms with van der Waals surface area (Å²) in [7, 11) is 1.73. The lowest BCUT2D eigenvalue weighted by Gasteiger charge is -2.20. The van der Waals surface area contributed by atoms with Gasteiger partial charge < -0.3 is 14.0 Å². The van der Waals surface area contributed by atoms with E-state index < -0.39 is 0 Å². The highest BCUT2D eigenvalue weighted by atomic mass is 32.2. The van der Waals surface area contributed by atoms with Gasteiger partial charge in [0.25, 0.3) is 0 Å². The van der Waals surface area contributed by atoms with Crippen molar-refractivity contribution >= 4 is 22.8 Å². The highest BCUT2D eigenvalue weighted by molar-refractivity contribution is 7.98. The van der Waals surface area contributed by atoms with Crippen molar-refractivity contribution in [2.75, 3.05) is 26.6 Å². The van der Waals surface area contributed by atoms with Crippen LogP contribution in [-0.2, 0) is 9.47 Å². The first-order chi connectivity index (χ1) is 9.24. The number of hydrogen-bond acceptors (Lipinski definition) is 5. The zero-order valence-electron chi connectivity index (χ0n) is 11.3. The van der Waals surface area contributed by atoms with Crippen LogP contribution in [-0.4, -0.2) is 47.2 Å². The summed E-state index contributed by atoms with van der Waals surface area (Å²) in [6.07, 6.45) is 3.95. The van der Waals surface area contributed by atoms with Gasteiger partial charge >= 0.3 is 0 Å². The predicted octanol–water partition coefficient (Wildman–Crippen LogP) is 2.05. The zero-order valence-corrected chi connectivity index (χ0v) is 12.1. The third kappa shape index (κ3) is 2.13. The van der Waals surface area contributed by atoms with E-state index in [-0.39, 0.29) is 12.1 Å². The van der Waals surface area contributed by atoms with Gasteiger partial charge in [0.15, 0.2) is 5.16 Å². The fraction of sp³-hybridized carbons (Fsp3) is 0.538. The Kier molecular flexibility index (Phi) is 3.47. The first kappa shape index (κ1) is 12.9. The summed E-state index contributed by atoms with van der Waals surface area (Å²) in [6.45, 7) is 3.40. The van der Waals surface area contributed by atoms with Crippen LogP contribution in [0.4, 0.5) is 0 Å². The minimum atomic E-state index is 0.0852. The number of nitrogens with zero attached hydrogens (tertiary/aromatic N) is 3. The molecular weight excluding hydrogens is 262 g/mol. The Labute approximate surface area is 116 Å². The molecule has 102 valence electrons. The van der Waals surface area contributed by atoms with Crippen molar-refractivity contribution in [3.8, 4) is 0 Å². The van der Waals surface area contributed by atoms with Crippen molar-refractivity contribution in [2.24, 2.45) is 0 Å². The van der Waals surface area contributed by atoms with Crippen LogP contribution in [0.15, 0.2) is 17.4 Å². The van der Waals surface area contributed by atoms with E-state index >= 15 is 0 Å². The fourth-order valence-electron chi connectivity index (χ4n) is 2.63. The first-order valence-corrected chi connectivity index (χ1v) is 7.46. The molecule has 6 heteroatoms. The van der Waals surface area contributed by atoms with Crippen molar-refractivity contribution in [3.63, 3.8) is 0 Å². The smallest absolute Gasteiger partial charge is 0.189 e. The standard InChI is InChI=1S/C13H17N3O2S/c1-8-4-9-5-14-13(19-3)15-12(9)16(8)10-6-18-7-11(10)17-2/h4-5,10-11H,6-7H2,1-3H3. The number of aromatic nitrogens is 3. The molecule has 0 spiro atoms. The van der Waals surface area contributed by atoms with E-state index in [1.54, 1.807) is 18.9 Å². The SMILES string of the molecule is COC1COCC1n1c(C)cc2cnc(SC)nc21. The average Bonchev–Trinajstić information content (AvgIpc) is 3.00. The number of methoxy groups -OCH3 is 1. The van der Waals surface area contributed by atoms with Gasteiger partial charge in [0.05, 0.1) is 19.3 Å². The maximum absolute atomic E-state index is 5.55. The summed E-state index contributed by atoms with van der Waals surface area (Å²) in [5.41, 5.74) is 2.13. The molecule has 1 aliphatic rings.